The summed E-state index contributed by atoms with van der Waals surface area (Å²) in [5, 5.41) is 1.17. The number of fused-ring (bicyclic) bond motifs is 1. The van der Waals surface area contributed by atoms with Crippen molar-refractivity contribution in [2.45, 2.75) is 43.9 Å². The molecule has 2 aromatic carbocycles. The molecule has 31 heavy (non-hydrogen) atoms. The van der Waals surface area contributed by atoms with Crippen LogP contribution in [-0.2, 0) is 13.0 Å². The van der Waals surface area contributed by atoms with Crippen LogP contribution in [0, 0.1) is 0 Å². The standard InChI is InChI=1S/C25H25N3OS2/c1-4-18-8-9-22-23(14-18)31-25(27-22)28(16-19-10-12-26-13-11-19)24(29)20-6-5-7-21(15-20)30-17(2)3/h5-15,17H,4,16H2,1-3H3. The number of hydrogen-bond donors (Lipinski definition) is 0. The molecule has 1 amide bonds. The number of rotatable bonds is 7. The van der Waals surface area contributed by atoms with Gasteiger partial charge in [0.1, 0.15) is 0 Å². The third-order valence-corrected chi connectivity index (χ3v) is 6.91. The number of thioether (sulfide) groups is 1. The topological polar surface area (TPSA) is 46.1 Å². The first-order valence-electron chi connectivity index (χ1n) is 10.4. The molecule has 0 bridgehead atoms. The van der Waals surface area contributed by atoms with Gasteiger partial charge >= 0.3 is 0 Å². The summed E-state index contributed by atoms with van der Waals surface area (Å²) in [4.78, 5) is 25.4. The number of benzene rings is 2. The van der Waals surface area contributed by atoms with Crippen LogP contribution in [0.25, 0.3) is 10.2 Å². The minimum Gasteiger partial charge on any atom is -0.279 e. The van der Waals surface area contributed by atoms with Crippen LogP contribution in [0.1, 0.15) is 42.3 Å². The summed E-state index contributed by atoms with van der Waals surface area (Å²) in [6.45, 7) is 6.90. The molecule has 6 heteroatoms. The van der Waals surface area contributed by atoms with Crippen molar-refractivity contribution in [3.63, 3.8) is 0 Å². The number of nitrogens with zero attached hydrogens (tertiary/aromatic N) is 3. The smallest absolute Gasteiger partial charge is 0.260 e. The minimum absolute atomic E-state index is 0.0437. The van der Waals surface area contributed by atoms with Gasteiger partial charge in [-0.15, -0.1) is 11.8 Å². The van der Waals surface area contributed by atoms with Crippen LogP contribution in [0.4, 0.5) is 5.13 Å². The number of carbonyl (C=O) groups is 1. The summed E-state index contributed by atoms with van der Waals surface area (Å²) in [5.74, 6) is -0.0437. The fourth-order valence-corrected chi connectivity index (χ4v) is 5.24. The molecule has 0 aliphatic carbocycles. The Morgan fingerprint density at radius 1 is 1.06 bits per heavy atom. The van der Waals surface area contributed by atoms with Crippen molar-refractivity contribution in [3.8, 4) is 0 Å². The summed E-state index contributed by atoms with van der Waals surface area (Å²) in [6.07, 6.45) is 4.48. The second kappa shape index (κ2) is 9.62. The van der Waals surface area contributed by atoms with E-state index in [1.54, 1.807) is 40.4 Å². The van der Waals surface area contributed by atoms with Crippen molar-refractivity contribution in [2.24, 2.45) is 0 Å². The van der Waals surface area contributed by atoms with E-state index < -0.39 is 0 Å². The van der Waals surface area contributed by atoms with Gasteiger partial charge in [0.25, 0.3) is 5.91 Å². The number of anilines is 1. The lowest BCUT2D eigenvalue weighted by atomic mass is 10.2. The Kier molecular flexibility index (Phi) is 6.68. The van der Waals surface area contributed by atoms with Gasteiger partial charge in [0.2, 0.25) is 0 Å². The highest BCUT2D eigenvalue weighted by Gasteiger charge is 2.22. The molecule has 0 N–H and O–H groups in total. The maximum atomic E-state index is 13.7. The molecule has 4 nitrogen and oxygen atoms in total. The summed E-state index contributed by atoms with van der Waals surface area (Å²) in [7, 11) is 0. The van der Waals surface area contributed by atoms with Crippen LogP contribution in [-0.4, -0.2) is 21.1 Å². The van der Waals surface area contributed by atoms with Crippen molar-refractivity contribution >= 4 is 44.4 Å². The number of pyridine rings is 1. The van der Waals surface area contributed by atoms with E-state index in [-0.39, 0.29) is 5.91 Å². The van der Waals surface area contributed by atoms with Crippen LogP contribution < -0.4 is 4.90 Å². The Morgan fingerprint density at radius 2 is 1.87 bits per heavy atom. The Hall–Kier alpha value is -2.70. The Morgan fingerprint density at radius 3 is 2.61 bits per heavy atom. The molecule has 0 fully saturated rings. The highest BCUT2D eigenvalue weighted by atomic mass is 32.2. The zero-order chi connectivity index (χ0) is 21.8. The quantitative estimate of drug-likeness (QED) is 0.299. The van der Waals surface area contributed by atoms with E-state index in [0.717, 1.165) is 27.1 Å². The SMILES string of the molecule is CCc1ccc2nc(N(Cc3ccncc3)C(=O)c3cccc(SC(C)C)c3)sc2c1. The summed E-state index contributed by atoms with van der Waals surface area (Å²) >= 11 is 3.32. The molecule has 2 aromatic heterocycles. The predicted molar refractivity (Wildman–Crippen MR) is 131 cm³/mol. The molecule has 0 saturated carbocycles. The third kappa shape index (κ3) is 5.14. The lowest BCUT2D eigenvalue weighted by Crippen LogP contribution is -2.30. The van der Waals surface area contributed by atoms with E-state index in [1.807, 2.05) is 36.4 Å². The number of thiazole rings is 1. The molecule has 4 rings (SSSR count). The summed E-state index contributed by atoms with van der Waals surface area (Å²) in [6, 6.07) is 18.1. The van der Waals surface area contributed by atoms with E-state index in [2.05, 4.69) is 44.0 Å². The first-order chi connectivity index (χ1) is 15.0. The number of aromatic nitrogens is 2. The molecule has 0 spiro atoms. The Bertz CT molecular complexity index is 1190. The normalized spacial score (nSPS) is 11.2. The first-order valence-corrected chi connectivity index (χ1v) is 12.1. The van der Waals surface area contributed by atoms with E-state index >= 15 is 0 Å². The third-order valence-electron chi connectivity index (χ3n) is 4.87. The second-order valence-electron chi connectivity index (χ2n) is 7.59. The van der Waals surface area contributed by atoms with E-state index in [4.69, 9.17) is 4.98 Å². The molecule has 0 radical (unpaired) electrons. The molecule has 2 heterocycles. The van der Waals surface area contributed by atoms with Crippen molar-refractivity contribution in [1.82, 2.24) is 9.97 Å². The van der Waals surface area contributed by atoms with E-state index in [9.17, 15) is 4.79 Å². The molecule has 0 aliphatic heterocycles. The fourth-order valence-electron chi connectivity index (χ4n) is 3.32. The summed E-state index contributed by atoms with van der Waals surface area (Å²) in [5.41, 5.74) is 3.89. The number of amides is 1. The minimum atomic E-state index is -0.0437. The predicted octanol–water partition coefficient (Wildman–Crippen LogP) is 6.60. The molecule has 0 aliphatic rings. The largest absolute Gasteiger partial charge is 0.279 e. The van der Waals surface area contributed by atoms with Gasteiger partial charge in [0, 0.05) is 28.1 Å². The molecular formula is C25H25N3OS2. The maximum Gasteiger partial charge on any atom is 0.260 e. The van der Waals surface area contributed by atoms with Gasteiger partial charge in [-0.1, -0.05) is 44.2 Å². The molecule has 158 valence electrons. The van der Waals surface area contributed by atoms with Crippen LogP contribution in [0.5, 0.6) is 0 Å². The highest BCUT2D eigenvalue weighted by molar-refractivity contribution is 7.99. The lowest BCUT2D eigenvalue weighted by Gasteiger charge is -2.20. The van der Waals surface area contributed by atoms with Crippen LogP contribution >= 0.6 is 23.1 Å². The number of aryl methyl sites for hydroxylation is 1. The van der Waals surface area contributed by atoms with Crippen LogP contribution in [0.3, 0.4) is 0 Å². The summed E-state index contributed by atoms with van der Waals surface area (Å²) < 4.78 is 1.10. The van der Waals surface area contributed by atoms with Crippen molar-refractivity contribution in [1.29, 1.82) is 0 Å². The number of hydrogen-bond acceptors (Lipinski definition) is 5. The van der Waals surface area contributed by atoms with Crippen molar-refractivity contribution in [2.75, 3.05) is 4.90 Å². The van der Waals surface area contributed by atoms with Gasteiger partial charge in [0.05, 0.1) is 16.8 Å². The Balaban J connectivity index is 1.73. The Labute approximate surface area is 191 Å². The van der Waals surface area contributed by atoms with Gasteiger partial charge in [-0.3, -0.25) is 14.7 Å². The van der Waals surface area contributed by atoms with Crippen LogP contribution in [0.15, 0.2) is 71.9 Å². The van der Waals surface area contributed by atoms with Crippen molar-refractivity contribution in [3.05, 3.63) is 83.7 Å². The zero-order valence-electron chi connectivity index (χ0n) is 17.9. The second-order valence-corrected chi connectivity index (χ2v) is 10.3. The van der Waals surface area contributed by atoms with Gasteiger partial charge in [-0.2, -0.15) is 0 Å². The molecule has 0 saturated heterocycles. The monoisotopic (exact) mass is 447 g/mol. The zero-order valence-corrected chi connectivity index (χ0v) is 19.5. The lowest BCUT2D eigenvalue weighted by molar-refractivity contribution is 0.0985. The first kappa shape index (κ1) is 21.5. The van der Waals surface area contributed by atoms with Gasteiger partial charge in [-0.25, -0.2) is 4.98 Å². The molecule has 0 unspecified atom stereocenters. The molecule has 0 atom stereocenters. The maximum absolute atomic E-state index is 13.7. The van der Waals surface area contributed by atoms with Gasteiger partial charge in [0.15, 0.2) is 5.13 Å². The van der Waals surface area contributed by atoms with E-state index in [1.165, 1.54) is 5.56 Å². The number of carbonyl (C=O) groups excluding carboxylic acids is 1. The average Bonchev–Trinajstić information content (AvgIpc) is 3.20. The van der Waals surface area contributed by atoms with Crippen LogP contribution in [0.2, 0.25) is 0 Å². The highest BCUT2D eigenvalue weighted by Crippen LogP contribution is 2.32. The molecule has 4 aromatic rings. The molecular weight excluding hydrogens is 422 g/mol. The fraction of sp³-hybridized carbons (Fsp3) is 0.240. The van der Waals surface area contributed by atoms with E-state index in [0.29, 0.717) is 22.5 Å². The van der Waals surface area contributed by atoms with Gasteiger partial charge < -0.3 is 0 Å². The van der Waals surface area contributed by atoms with Crippen molar-refractivity contribution < 1.29 is 4.79 Å². The van der Waals surface area contributed by atoms with Gasteiger partial charge in [-0.05, 0) is 60.0 Å². The average molecular weight is 448 g/mol.